The molecule has 0 spiro atoms. The average molecular weight is 264 g/mol. The number of nitrogens with zero attached hydrogens (tertiary/aromatic N) is 1. The highest BCUT2D eigenvalue weighted by atomic mass is 19.1. The summed E-state index contributed by atoms with van der Waals surface area (Å²) in [6.45, 7) is 10.6. The number of aryl methyl sites for hydroxylation is 1. The van der Waals surface area contributed by atoms with Gasteiger partial charge in [-0.1, -0.05) is 32.4 Å². The molecule has 19 heavy (non-hydrogen) atoms. The predicted molar refractivity (Wildman–Crippen MR) is 77.8 cm³/mol. The van der Waals surface area contributed by atoms with E-state index in [1.165, 1.54) is 5.56 Å². The van der Waals surface area contributed by atoms with E-state index in [2.05, 4.69) is 24.1 Å². The van der Waals surface area contributed by atoms with Crippen molar-refractivity contribution in [3.63, 3.8) is 0 Å². The molecule has 2 nitrogen and oxygen atoms in total. The minimum atomic E-state index is -0.105. The summed E-state index contributed by atoms with van der Waals surface area (Å²) in [5, 5.41) is 3.40. The number of piperazine rings is 1. The van der Waals surface area contributed by atoms with Crippen LogP contribution >= 0.6 is 0 Å². The van der Waals surface area contributed by atoms with Crippen molar-refractivity contribution in [2.45, 2.75) is 33.2 Å². The van der Waals surface area contributed by atoms with Crippen molar-refractivity contribution in [1.82, 2.24) is 10.2 Å². The fourth-order valence-electron chi connectivity index (χ4n) is 2.93. The van der Waals surface area contributed by atoms with Crippen LogP contribution in [0.25, 0.3) is 0 Å². The molecule has 0 bridgehead atoms. The van der Waals surface area contributed by atoms with Crippen LogP contribution in [0.15, 0.2) is 18.2 Å². The molecule has 1 aromatic carbocycles. The number of rotatable bonds is 4. The van der Waals surface area contributed by atoms with Gasteiger partial charge >= 0.3 is 0 Å². The van der Waals surface area contributed by atoms with E-state index in [1.54, 1.807) is 6.07 Å². The Morgan fingerprint density at radius 2 is 2.00 bits per heavy atom. The van der Waals surface area contributed by atoms with Crippen LogP contribution in [-0.4, -0.2) is 31.1 Å². The van der Waals surface area contributed by atoms with E-state index < -0.39 is 0 Å². The molecule has 2 rings (SSSR count). The highest BCUT2D eigenvalue weighted by Gasteiger charge is 2.26. The lowest BCUT2D eigenvalue weighted by molar-refractivity contribution is 0.128. The van der Waals surface area contributed by atoms with E-state index in [0.717, 1.165) is 38.2 Å². The molecule has 0 aromatic heterocycles. The summed E-state index contributed by atoms with van der Waals surface area (Å²) >= 11 is 0. The largest absolute Gasteiger partial charge is 0.314 e. The SMILES string of the molecule is CCC(C)[C@H](c1ccc(F)c(C)c1)N1CCNCC1. The van der Waals surface area contributed by atoms with Gasteiger partial charge in [-0.15, -0.1) is 0 Å². The van der Waals surface area contributed by atoms with E-state index in [-0.39, 0.29) is 5.82 Å². The lowest BCUT2D eigenvalue weighted by atomic mass is 9.89. The average Bonchev–Trinajstić information content (AvgIpc) is 2.44. The van der Waals surface area contributed by atoms with Crippen LogP contribution in [0.2, 0.25) is 0 Å². The molecule has 1 fully saturated rings. The minimum Gasteiger partial charge on any atom is -0.314 e. The van der Waals surface area contributed by atoms with E-state index >= 15 is 0 Å². The second kappa shape index (κ2) is 6.49. The van der Waals surface area contributed by atoms with E-state index in [0.29, 0.717) is 12.0 Å². The van der Waals surface area contributed by atoms with Crippen molar-refractivity contribution < 1.29 is 4.39 Å². The van der Waals surface area contributed by atoms with Crippen molar-refractivity contribution in [3.8, 4) is 0 Å². The molecule has 1 aromatic rings. The summed E-state index contributed by atoms with van der Waals surface area (Å²) < 4.78 is 13.5. The smallest absolute Gasteiger partial charge is 0.126 e. The lowest BCUT2D eigenvalue weighted by Gasteiger charge is -2.38. The maximum Gasteiger partial charge on any atom is 0.126 e. The van der Waals surface area contributed by atoms with Gasteiger partial charge < -0.3 is 5.32 Å². The van der Waals surface area contributed by atoms with Gasteiger partial charge in [0.2, 0.25) is 0 Å². The van der Waals surface area contributed by atoms with Gasteiger partial charge in [0.1, 0.15) is 5.82 Å². The fourth-order valence-corrected chi connectivity index (χ4v) is 2.93. The number of hydrogen-bond acceptors (Lipinski definition) is 2. The predicted octanol–water partition coefficient (Wildman–Crippen LogP) is 3.13. The molecule has 1 aliphatic rings. The molecule has 2 atom stereocenters. The second-order valence-corrected chi connectivity index (χ2v) is 5.62. The molecular weight excluding hydrogens is 239 g/mol. The van der Waals surface area contributed by atoms with Crippen molar-refractivity contribution in [2.24, 2.45) is 5.92 Å². The molecule has 1 saturated heterocycles. The first-order chi connectivity index (χ1) is 9.13. The third-order valence-corrected chi connectivity index (χ3v) is 4.25. The zero-order valence-electron chi connectivity index (χ0n) is 12.2. The highest BCUT2D eigenvalue weighted by Crippen LogP contribution is 2.31. The number of nitrogens with one attached hydrogen (secondary N) is 1. The number of hydrogen-bond donors (Lipinski definition) is 1. The third-order valence-electron chi connectivity index (χ3n) is 4.25. The van der Waals surface area contributed by atoms with Gasteiger partial charge in [0, 0.05) is 32.2 Å². The van der Waals surface area contributed by atoms with Crippen molar-refractivity contribution in [3.05, 3.63) is 35.1 Å². The molecule has 0 radical (unpaired) electrons. The zero-order chi connectivity index (χ0) is 13.8. The van der Waals surface area contributed by atoms with E-state index in [4.69, 9.17) is 0 Å². The van der Waals surface area contributed by atoms with Crippen LogP contribution in [0.5, 0.6) is 0 Å². The summed E-state index contributed by atoms with van der Waals surface area (Å²) in [4.78, 5) is 2.54. The zero-order valence-corrected chi connectivity index (χ0v) is 12.2. The van der Waals surface area contributed by atoms with Crippen LogP contribution in [0.4, 0.5) is 4.39 Å². The lowest BCUT2D eigenvalue weighted by Crippen LogP contribution is -2.46. The standard InChI is InChI=1S/C16H25FN2/c1-4-12(2)16(19-9-7-18-8-10-19)14-5-6-15(17)13(3)11-14/h5-6,11-12,16,18H,4,7-10H2,1-3H3/t12?,16-/m1/s1. The summed E-state index contributed by atoms with van der Waals surface area (Å²) in [6, 6.07) is 6.00. The first-order valence-corrected chi connectivity index (χ1v) is 7.34. The Labute approximate surface area is 116 Å². The van der Waals surface area contributed by atoms with Crippen LogP contribution in [0, 0.1) is 18.7 Å². The van der Waals surface area contributed by atoms with Crippen LogP contribution in [0.3, 0.4) is 0 Å². The van der Waals surface area contributed by atoms with Gasteiger partial charge in [0.25, 0.3) is 0 Å². The Kier molecular flexibility index (Phi) is 4.94. The summed E-state index contributed by atoms with van der Waals surface area (Å²) in [5.41, 5.74) is 2.01. The van der Waals surface area contributed by atoms with Gasteiger partial charge in [0.15, 0.2) is 0 Å². The second-order valence-electron chi connectivity index (χ2n) is 5.62. The Hall–Kier alpha value is -0.930. The molecule has 0 aliphatic carbocycles. The van der Waals surface area contributed by atoms with Crippen LogP contribution in [-0.2, 0) is 0 Å². The fraction of sp³-hybridized carbons (Fsp3) is 0.625. The summed E-state index contributed by atoms with van der Waals surface area (Å²) in [7, 11) is 0. The van der Waals surface area contributed by atoms with Crippen LogP contribution in [0.1, 0.15) is 37.4 Å². The molecule has 1 unspecified atom stereocenters. The molecule has 106 valence electrons. The molecule has 0 saturated carbocycles. The first-order valence-electron chi connectivity index (χ1n) is 7.34. The van der Waals surface area contributed by atoms with Gasteiger partial charge in [-0.25, -0.2) is 4.39 Å². The van der Waals surface area contributed by atoms with Crippen molar-refractivity contribution >= 4 is 0 Å². The summed E-state index contributed by atoms with van der Waals surface area (Å²) in [5.74, 6) is 0.481. The van der Waals surface area contributed by atoms with Crippen molar-refractivity contribution in [2.75, 3.05) is 26.2 Å². The number of benzene rings is 1. The summed E-state index contributed by atoms with van der Waals surface area (Å²) in [6.07, 6.45) is 1.14. The number of halogens is 1. The van der Waals surface area contributed by atoms with Gasteiger partial charge in [-0.2, -0.15) is 0 Å². The van der Waals surface area contributed by atoms with Gasteiger partial charge in [0.05, 0.1) is 0 Å². The molecule has 0 amide bonds. The molecule has 1 heterocycles. The Balaban J connectivity index is 2.27. The van der Waals surface area contributed by atoms with Gasteiger partial charge in [-0.3, -0.25) is 4.90 Å². The molecular formula is C16H25FN2. The van der Waals surface area contributed by atoms with E-state index in [1.807, 2.05) is 19.1 Å². The Morgan fingerprint density at radius 3 is 2.58 bits per heavy atom. The third kappa shape index (κ3) is 3.34. The monoisotopic (exact) mass is 264 g/mol. The van der Waals surface area contributed by atoms with Crippen molar-refractivity contribution in [1.29, 1.82) is 0 Å². The maximum absolute atomic E-state index is 13.5. The highest BCUT2D eigenvalue weighted by molar-refractivity contribution is 5.27. The normalized spacial score (nSPS) is 20.2. The Morgan fingerprint density at radius 1 is 1.32 bits per heavy atom. The molecule has 3 heteroatoms. The first kappa shape index (κ1) is 14.5. The van der Waals surface area contributed by atoms with Crippen LogP contribution < -0.4 is 5.32 Å². The maximum atomic E-state index is 13.5. The van der Waals surface area contributed by atoms with Gasteiger partial charge in [-0.05, 0) is 30.0 Å². The molecule has 1 aliphatic heterocycles. The Bertz CT molecular complexity index is 413. The molecule has 1 N–H and O–H groups in total. The quantitative estimate of drug-likeness (QED) is 0.899. The topological polar surface area (TPSA) is 15.3 Å². The minimum absolute atomic E-state index is 0.105. The van der Waals surface area contributed by atoms with E-state index in [9.17, 15) is 4.39 Å².